The minimum Gasteiger partial charge on any atom is -1.00 e. The number of aryl methyl sites for hydroxylation is 1. The Morgan fingerprint density at radius 2 is 1.10 bits per heavy atom. The number of halogens is 3. The predicted octanol–water partition coefficient (Wildman–Crippen LogP) is -6.17. The van der Waals surface area contributed by atoms with Crippen molar-refractivity contribution in [2.24, 2.45) is 10.2 Å². The Kier molecular flexibility index (Phi) is 17.8. The molecule has 1 radical (unpaired) electrons. The normalized spacial score (nSPS) is 17.9. The Hall–Kier alpha value is -0.601. The summed E-state index contributed by atoms with van der Waals surface area (Å²) in [5, 5.41) is 13.4. The molecule has 0 unspecified atom stereocenters. The number of hydrogen-bond donors (Lipinski definition) is 2. The van der Waals surface area contributed by atoms with E-state index in [1.165, 1.54) is 38.5 Å². The summed E-state index contributed by atoms with van der Waals surface area (Å²) >= 11 is 0. The van der Waals surface area contributed by atoms with Gasteiger partial charge in [0, 0.05) is 26.2 Å². The molecule has 1 aromatic heterocycles. The van der Waals surface area contributed by atoms with Crippen molar-refractivity contribution in [1.29, 1.82) is 0 Å². The van der Waals surface area contributed by atoms with E-state index in [9.17, 15) is 0 Å². The molecule has 3 rings (SSSR count). The van der Waals surface area contributed by atoms with E-state index in [0.717, 1.165) is 54.6 Å². The molecule has 2 fully saturated rings. The zero-order valence-electron chi connectivity index (χ0n) is 18.4. The van der Waals surface area contributed by atoms with Gasteiger partial charge in [-0.25, -0.2) is 26.1 Å². The quantitative estimate of drug-likeness (QED) is 0.217. The minimum atomic E-state index is 0. The minimum absolute atomic E-state index is 0. The van der Waals surface area contributed by atoms with Gasteiger partial charge in [-0.15, -0.1) is 0 Å². The molecule has 0 aromatic carbocycles. The largest absolute Gasteiger partial charge is 3.00 e. The molecular weight excluding hydrogens is 500 g/mol. The van der Waals surface area contributed by atoms with Crippen LogP contribution < -0.4 is 48.3 Å². The molecule has 11 heteroatoms. The van der Waals surface area contributed by atoms with Crippen molar-refractivity contribution in [1.82, 2.24) is 26.1 Å². The van der Waals surface area contributed by atoms with Gasteiger partial charge in [-0.1, -0.05) is 12.8 Å². The van der Waals surface area contributed by atoms with Crippen LogP contribution in [0.1, 0.15) is 69.3 Å². The molecule has 177 valence electrons. The zero-order chi connectivity index (χ0) is 19.1. The predicted molar refractivity (Wildman–Crippen MR) is 111 cm³/mol. The first-order valence-electron chi connectivity index (χ1n) is 10.2. The van der Waals surface area contributed by atoms with Crippen molar-refractivity contribution in [3.8, 4) is 0 Å². The number of piperidine rings is 2. The third kappa shape index (κ3) is 10.7. The molecule has 0 atom stereocenters. The van der Waals surface area contributed by atoms with Crippen LogP contribution in [0, 0.1) is 6.92 Å². The number of rotatable bonds is 6. The molecule has 0 saturated carbocycles. The summed E-state index contributed by atoms with van der Waals surface area (Å²) in [5.74, 6) is 0. The van der Waals surface area contributed by atoms with Gasteiger partial charge in [-0.2, -0.15) is 10.2 Å². The molecular formula is C20H33Cl3FeN7. The number of hydrazine groups is 2. The molecule has 2 N–H and O–H groups in total. The standard InChI is InChI=1S/C20H33N7.3ClH.Fe/c1-16-14-19(17(2)22-24-26-10-6-4-7-11-26)21-20(15-16)18(3)23-25-27-12-8-5-9-13-27;;;;/h14-15,24-25H,4-13H2,1-3H3;3*1H;/q;;;;+3/p-3. The molecule has 0 aliphatic carbocycles. The molecule has 0 spiro atoms. The van der Waals surface area contributed by atoms with E-state index in [2.05, 4.69) is 50.3 Å². The first-order valence-corrected chi connectivity index (χ1v) is 10.2. The van der Waals surface area contributed by atoms with Gasteiger partial charge in [-0.05, 0) is 64.2 Å². The summed E-state index contributed by atoms with van der Waals surface area (Å²) in [4.78, 5) is 4.78. The maximum Gasteiger partial charge on any atom is 3.00 e. The third-order valence-corrected chi connectivity index (χ3v) is 5.14. The van der Waals surface area contributed by atoms with E-state index in [1.54, 1.807) is 0 Å². The average Bonchev–Trinajstić information content (AvgIpc) is 2.71. The van der Waals surface area contributed by atoms with Gasteiger partial charge >= 0.3 is 17.1 Å². The van der Waals surface area contributed by atoms with Crippen molar-refractivity contribution >= 4 is 11.4 Å². The van der Waals surface area contributed by atoms with Crippen LogP contribution in [0.2, 0.25) is 0 Å². The topological polar surface area (TPSA) is 68.2 Å². The Morgan fingerprint density at radius 1 is 0.742 bits per heavy atom. The zero-order valence-corrected chi connectivity index (χ0v) is 21.8. The molecule has 2 aliphatic heterocycles. The van der Waals surface area contributed by atoms with Crippen molar-refractivity contribution in [3.63, 3.8) is 0 Å². The van der Waals surface area contributed by atoms with Gasteiger partial charge < -0.3 is 37.2 Å². The van der Waals surface area contributed by atoms with Crippen LogP contribution in [0.4, 0.5) is 0 Å². The number of nitrogens with zero attached hydrogens (tertiary/aromatic N) is 5. The van der Waals surface area contributed by atoms with Gasteiger partial charge in [0.25, 0.3) is 0 Å². The molecule has 2 aliphatic rings. The van der Waals surface area contributed by atoms with Crippen molar-refractivity contribution in [2.75, 3.05) is 26.2 Å². The monoisotopic (exact) mass is 532 g/mol. The van der Waals surface area contributed by atoms with Gasteiger partial charge in [-0.3, -0.25) is 0 Å². The molecule has 7 nitrogen and oxygen atoms in total. The first kappa shape index (κ1) is 32.6. The van der Waals surface area contributed by atoms with Crippen LogP contribution in [-0.4, -0.2) is 52.6 Å². The second-order valence-electron chi connectivity index (χ2n) is 7.60. The molecule has 0 bridgehead atoms. The van der Waals surface area contributed by atoms with Gasteiger partial charge in [0.15, 0.2) is 0 Å². The molecule has 1 aromatic rings. The molecule has 2 saturated heterocycles. The second kappa shape index (κ2) is 17.0. The third-order valence-electron chi connectivity index (χ3n) is 5.14. The van der Waals surface area contributed by atoms with Crippen LogP contribution in [0.25, 0.3) is 0 Å². The number of hydrazone groups is 2. The fourth-order valence-corrected chi connectivity index (χ4v) is 3.43. The molecule has 3 heterocycles. The number of nitrogens with one attached hydrogen (secondary N) is 2. The van der Waals surface area contributed by atoms with E-state index in [4.69, 9.17) is 4.98 Å². The van der Waals surface area contributed by atoms with E-state index in [-0.39, 0.29) is 54.3 Å². The van der Waals surface area contributed by atoms with Crippen LogP contribution in [0.3, 0.4) is 0 Å². The molecule has 0 amide bonds. The first-order chi connectivity index (χ1) is 13.1. The summed E-state index contributed by atoms with van der Waals surface area (Å²) in [6.45, 7) is 10.3. The number of pyridine rings is 1. The summed E-state index contributed by atoms with van der Waals surface area (Å²) < 4.78 is 0. The average molecular weight is 534 g/mol. The van der Waals surface area contributed by atoms with E-state index >= 15 is 0 Å². The Bertz CT molecular complexity index is 637. The van der Waals surface area contributed by atoms with Crippen LogP contribution >= 0.6 is 0 Å². The maximum atomic E-state index is 4.78. The fraction of sp³-hybridized carbons (Fsp3) is 0.650. The maximum absolute atomic E-state index is 4.78. The van der Waals surface area contributed by atoms with Crippen LogP contribution in [0.5, 0.6) is 0 Å². The van der Waals surface area contributed by atoms with Gasteiger partial charge in [0.1, 0.15) is 0 Å². The smallest absolute Gasteiger partial charge is 1.00 e. The Morgan fingerprint density at radius 3 is 1.45 bits per heavy atom. The van der Waals surface area contributed by atoms with Crippen LogP contribution in [0.15, 0.2) is 22.3 Å². The van der Waals surface area contributed by atoms with Crippen molar-refractivity contribution in [2.45, 2.75) is 59.3 Å². The summed E-state index contributed by atoms with van der Waals surface area (Å²) in [6.07, 6.45) is 7.55. The number of aromatic nitrogens is 1. The fourth-order valence-electron chi connectivity index (χ4n) is 3.43. The van der Waals surface area contributed by atoms with E-state index in [1.807, 2.05) is 13.8 Å². The number of hydrogen-bond acceptors (Lipinski definition) is 7. The molecule has 31 heavy (non-hydrogen) atoms. The van der Waals surface area contributed by atoms with Crippen molar-refractivity contribution < 1.29 is 54.3 Å². The second-order valence-corrected chi connectivity index (χ2v) is 7.60. The Balaban J connectivity index is 0. The van der Waals surface area contributed by atoms with Crippen molar-refractivity contribution in [3.05, 3.63) is 29.1 Å². The Labute approximate surface area is 215 Å². The van der Waals surface area contributed by atoms with Crippen LogP contribution in [-0.2, 0) is 17.1 Å². The summed E-state index contributed by atoms with van der Waals surface area (Å²) in [5.41, 5.74) is 11.1. The summed E-state index contributed by atoms with van der Waals surface area (Å²) in [6, 6.07) is 4.15. The van der Waals surface area contributed by atoms with E-state index in [0.29, 0.717) is 0 Å². The summed E-state index contributed by atoms with van der Waals surface area (Å²) in [7, 11) is 0. The van der Waals surface area contributed by atoms with E-state index < -0.39 is 0 Å². The van der Waals surface area contributed by atoms with Gasteiger partial charge in [0.2, 0.25) is 0 Å². The van der Waals surface area contributed by atoms with Gasteiger partial charge in [0.05, 0.1) is 22.8 Å². The SMILES string of the molecule is CC(=NNN1CCCCC1)c1cc(C)cc(C(C)=NNN2CCCCC2)n1.[Cl-].[Cl-].[Cl-].[Fe+3].